The van der Waals surface area contributed by atoms with Crippen molar-refractivity contribution in [1.29, 1.82) is 0 Å². The summed E-state index contributed by atoms with van der Waals surface area (Å²) in [7, 11) is 0. The molecule has 0 spiro atoms. The molecule has 0 unspecified atom stereocenters. The number of ether oxygens (including phenoxy) is 1. The molecule has 0 atom stereocenters. The van der Waals surface area contributed by atoms with Crippen LogP contribution >= 0.6 is 11.6 Å². The van der Waals surface area contributed by atoms with Crippen molar-refractivity contribution in [3.63, 3.8) is 0 Å². The summed E-state index contributed by atoms with van der Waals surface area (Å²) < 4.78 is 5.42. The summed E-state index contributed by atoms with van der Waals surface area (Å²) in [5, 5.41) is 6.76. The molecule has 176 valence electrons. The van der Waals surface area contributed by atoms with Gasteiger partial charge in [0.25, 0.3) is 5.91 Å². The maximum atomic E-state index is 12.4. The van der Waals surface area contributed by atoms with Crippen molar-refractivity contribution in [3.05, 3.63) is 95.6 Å². The van der Waals surface area contributed by atoms with Crippen LogP contribution < -0.4 is 15.5 Å². The van der Waals surface area contributed by atoms with Gasteiger partial charge in [0.2, 0.25) is 5.95 Å². The third kappa shape index (κ3) is 5.77. The van der Waals surface area contributed by atoms with E-state index >= 15 is 0 Å². The summed E-state index contributed by atoms with van der Waals surface area (Å²) in [4.78, 5) is 23.7. The van der Waals surface area contributed by atoms with E-state index in [-0.39, 0.29) is 5.91 Å². The first-order valence-electron chi connectivity index (χ1n) is 11.3. The van der Waals surface area contributed by atoms with Gasteiger partial charge in [-0.2, -0.15) is 0 Å². The molecular formula is C27H24ClN5O2. The molecule has 1 amide bonds. The number of benzene rings is 3. The van der Waals surface area contributed by atoms with Gasteiger partial charge < -0.3 is 20.3 Å². The van der Waals surface area contributed by atoms with Crippen LogP contribution in [0.25, 0.3) is 11.3 Å². The fourth-order valence-corrected chi connectivity index (χ4v) is 3.94. The zero-order valence-corrected chi connectivity index (χ0v) is 19.7. The molecular weight excluding hydrogens is 462 g/mol. The van der Waals surface area contributed by atoms with Gasteiger partial charge in [-0.1, -0.05) is 23.7 Å². The smallest absolute Gasteiger partial charge is 0.255 e. The van der Waals surface area contributed by atoms with E-state index in [9.17, 15) is 4.79 Å². The minimum Gasteiger partial charge on any atom is -0.378 e. The van der Waals surface area contributed by atoms with E-state index in [0.29, 0.717) is 22.2 Å². The Hall–Kier alpha value is -3.94. The Bertz CT molecular complexity index is 1290. The summed E-state index contributed by atoms with van der Waals surface area (Å²) in [5.74, 6) is 0.323. The Morgan fingerprint density at radius 2 is 1.54 bits per heavy atom. The number of aromatic nitrogens is 2. The Balaban J connectivity index is 1.23. The van der Waals surface area contributed by atoms with E-state index in [0.717, 1.165) is 43.2 Å². The minimum atomic E-state index is -0.192. The molecule has 2 heterocycles. The number of nitrogens with one attached hydrogen (secondary N) is 2. The van der Waals surface area contributed by atoms with Crippen LogP contribution in [-0.2, 0) is 4.74 Å². The zero-order valence-electron chi connectivity index (χ0n) is 18.9. The first-order valence-corrected chi connectivity index (χ1v) is 11.7. The second-order valence-corrected chi connectivity index (χ2v) is 8.51. The van der Waals surface area contributed by atoms with Crippen LogP contribution in [-0.4, -0.2) is 42.2 Å². The number of carbonyl (C=O) groups excluding carboxylic acids is 1. The van der Waals surface area contributed by atoms with Crippen LogP contribution in [0, 0.1) is 0 Å². The van der Waals surface area contributed by atoms with Gasteiger partial charge in [0.15, 0.2) is 0 Å². The number of hydrogen-bond acceptors (Lipinski definition) is 6. The predicted octanol–water partition coefficient (Wildman–Crippen LogP) is 5.63. The van der Waals surface area contributed by atoms with Crippen LogP contribution in [0.1, 0.15) is 10.4 Å². The van der Waals surface area contributed by atoms with Gasteiger partial charge in [0.05, 0.1) is 18.9 Å². The maximum absolute atomic E-state index is 12.4. The second kappa shape index (κ2) is 10.5. The van der Waals surface area contributed by atoms with Gasteiger partial charge in [-0.15, -0.1) is 0 Å². The minimum absolute atomic E-state index is 0.192. The Kier molecular flexibility index (Phi) is 6.88. The summed E-state index contributed by atoms with van der Waals surface area (Å²) in [5.41, 5.74) is 5.03. The lowest BCUT2D eigenvalue weighted by Crippen LogP contribution is -2.36. The highest BCUT2D eigenvalue weighted by molar-refractivity contribution is 6.30. The number of rotatable bonds is 6. The molecule has 1 fully saturated rings. The highest BCUT2D eigenvalue weighted by Crippen LogP contribution is 2.24. The quantitative estimate of drug-likeness (QED) is 0.368. The standard InChI is InChI=1S/C27H24ClN5O2/c28-21-5-1-20(2-6-21)26(34)30-22-7-3-19(4-8-22)25-13-14-29-27(32-25)31-23-9-11-24(12-10-23)33-15-17-35-18-16-33/h1-14H,15-18H2,(H,30,34)(H,29,31,32). The molecule has 7 nitrogen and oxygen atoms in total. The molecule has 0 saturated carbocycles. The summed E-state index contributed by atoms with van der Waals surface area (Å²) >= 11 is 5.89. The lowest BCUT2D eigenvalue weighted by atomic mass is 10.1. The highest BCUT2D eigenvalue weighted by Gasteiger charge is 2.11. The van der Waals surface area contributed by atoms with E-state index in [1.807, 2.05) is 42.5 Å². The van der Waals surface area contributed by atoms with Gasteiger partial charge in [-0.25, -0.2) is 9.97 Å². The van der Waals surface area contributed by atoms with E-state index in [4.69, 9.17) is 16.3 Å². The SMILES string of the molecule is O=C(Nc1ccc(-c2ccnc(Nc3ccc(N4CCOCC4)cc3)n2)cc1)c1ccc(Cl)cc1. The van der Waals surface area contributed by atoms with Crippen LogP contribution in [0.3, 0.4) is 0 Å². The lowest BCUT2D eigenvalue weighted by Gasteiger charge is -2.28. The maximum Gasteiger partial charge on any atom is 0.255 e. The lowest BCUT2D eigenvalue weighted by molar-refractivity contribution is 0.102. The Morgan fingerprint density at radius 3 is 2.26 bits per heavy atom. The normalized spacial score (nSPS) is 13.3. The number of hydrogen-bond donors (Lipinski definition) is 2. The van der Waals surface area contributed by atoms with Crippen molar-refractivity contribution in [2.75, 3.05) is 41.8 Å². The average molecular weight is 486 g/mol. The molecule has 0 bridgehead atoms. The van der Waals surface area contributed by atoms with Gasteiger partial charge in [-0.3, -0.25) is 4.79 Å². The van der Waals surface area contributed by atoms with Gasteiger partial charge in [0.1, 0.15) is 0 Å². The molecule has 1 aliphatic heterocycles. The first kappa shape index (κ1) is 22.8. The number of halogens is 1. The Labute approximate surface area is 208 Å². The van der Waals surface area contributed by atoms with Crippen molar-refractivity contribution < 1.29 is 9.53 Å². The third-order valence-corrected chi connectivity index (χ3v) is 5.95. The molecule has 2 N–H and O–H groups in total. The number of morpholine rings is 1. The first-order chi connectivity index (χ1) is 17.1. The summed E-state index contributed by atoms with van der Waals surface area (Å²) in [6.45, 7) is 3.33. The predicted molar refractivity (Wildman–Crippen MR) is 140 cm³/mol. The number of anilines is 4. The molecule has 5 rings (SSSR count). The van der Waals surface area contributed by atoms with Crippen molar-refractivity contribution >= 4 is 40.5 Å². The fourth-order valence-electron chi connectivity index (χ4n) is 3.81. The monoisotopic (exact) mass is 485 g/mol. The van der Waals surface area contributed by atoms with Gasteiger partial charge in [-0.05, 0) is 66.7 Å². The molecule has 1 aliphatic rings. The largest absolute Gasteiger partial charge is 0.378 e. The van der Waals surface area contributed by atoms with Crippen LogP contribution in [0.5, 0.6) is 0 Å². The van der Waals surface area contributed by atoms with Crippen LogP contribution in [0.4, 0.5) is 23.0 Å². The van der Waals surface area contributed by atoms with Crippen molar-refractivity contribution in [1.82, 2.24) is 9.97 Å². The summed E-state index contributed by atoms with van der Waals surface area (Å²) in [6, 6.07) is 24.4. The van der Waals surface area contributed by atoms with E-state index < -0.39 is 0 Å². The van der Waals surface area contributed by atoms with Crippen molar-refractivity contribution in [2.24, 2.45) is 0 Å². The van der Waals surface area contributed by atoms with Crippen LogP contribution in [0.15, 0.2) is 85.1 Å². The van der Waals surface area contributed by atoms with E-state index in [1.165, 1.54) is 5.69 Å². The van der Waals surface area contributed by atoms with Gasteiger partial charge in [0, 0.05) is 52.5 Å². The highest BCUT2D eigenvalue weighted by atomic mass is 35.5. The third-order valence-electron chi connectivity index (χ3n) is 5.70. The number of amides is 1. The van der Waals surface area contributed by atoms with Gasteiger partial charge >= 0.3 is 0 Å². The molecule has 0 aliphatic carbocycles. The average Bonchev–Trinajstić information content (AvgIpc) is 2.91. The van der Waals surface area contributed by atoms with E-state index in [2.05, 4.69) is 37.6 Å². The molecule has 1 saturated heterocycles. The second-order valence-electron chi connectivity index (χ2n) is 8.08. The molecule has 0 radical (unpaired) electrons. The Morgan fingerprint density at radius 1 is 0.857 bits per heavy atom. The molecule has 3 aromatic carbocycles. The van der Waals surface area contributed by atoms with Crippen LogP contribution in [0.2, 0.25) is 5.02 Å². The number of nitrogens with zero attached hydrogens (tertiary/aromatic N) is 3. The molecule has 8 heteroatoms. The number of carbonyl (C=O) groups is 1. The fraction of sp³-hybridized carbons (Fsp3) is 0.148. The summed E-state index contributed by atoms with van der Waals surface area (Å²) in [6.07, 6.45) is 1.73. The van der Waals surface area contributed by atoms with Crippen molar-refractivity contribution in [3.8, 4) is 11.3 Å². The molecule has 1 aromatic heterocycles. The molecule has 4 aromatic rings. The van der Waals surface area contributed by atoms with E-state index in [1.54, 1.807) is 30.5 Å². The zero-order chi connectivity index (χ0) is 24.0. The topological polar surface area (TPSA) is 79.4 Å². The molecule has 35 heavy (non-hydrogen) atoms. The van der Waals surface area contributed by atoms with Crippen molar-refractivity contribution in [2.45, 2.75) is 0 Å².